The van der Waals surface area contributed by atoms with E-state index in [1.54, 1.807) is 6.07 Å². The highest BCUT2D eigenvalue weighted by atomic mass is 79.9. The second-order valence-electron chi connectivity index (χ2n) is 4.32. The van der Waals surface area contributed by atoms with E-state index in [9.17, 15) is 8.42 Å². The predicted molar refractivity (Wildman–Crippen MR) is 73.5 cm³/mol. The van der Waals surface area contributed by atoms with E-state index in [-0.39, 0.29) is 5.09 Å². The Bertz CT molecular complexity index is 724. The minimum Gasteiger partial charge on any atom is -0.450 e. The summed E-state index contributed by atoms with van der Waals surface area (Å²) in [6, 6.07) is 5.13. The zero-order valence-corrected chi connectivity index (χ0v) is 12.3. The summed E-state index contributed by atoms with van der Waals surface area (Å²) >= 11 is 3.13. The molecule has 0 fully saturated rings. The van der Waals surface area contributed by atoms with Crippen molar-refractivity contribution < 1.29 is 12.8 Å². The van der Waals surface area contributed by atoms with Crippen molar-refractivity contribution in [1.82, 2.24) is 4.98 Å². The maximum Gasteiger partial charge on any atom is 0.297 e. The lowest BCUT2D eigenvalue weighted by Crippen LogP contribution is -2.14. The molecule has 7 heteroatoms. The highest BCUT2D eigenvalue weighted by Gasteiger charge is 2.22. The number of nitrogens with one attached hydrogen (secondary N) is 1. The topological polar surface area (TPSA) is 72.2 Å². The standard InChI is InChI=1S/C12H11BrN2O3S/c13-9-6-7-18-12(9)19(16,17)15-11-5-4-8-2-1-3-10(8)14-11/h4-7H,1-3H2,(H,14,15). The Morgan fingerprint density at radius 1 is 1.26 bits per heavy atom. The molecule has 0 saturated heterocycles. The Labute approximate surface area is 119 Å². The van der Waals surface area contributed by atoms with Crippen LogP contribution in [0.3, 0.4) is 0 Å². The summed E-state index contributed by atoms with van der Waals surface area (Å²) in [7, 11) is -3.74. The molecule has 3 rings (SSSR count). The van der Waals surface area contributed by atoms with Crippen LogP contribution in [0.15, 0.2) is 38.4 Å². The van der Waals surface area contributed by atoms with Crippen molar-refractivity contribution in [3.05, 3.63) is 40.2 Å². The van der Waals surface area contributed by atoms with Gasteiger partial charge in [-0.3, -0.25) is 4.72 Å². The maximum atomic E-state index is 12.1. The minimum atomic E-state index is -3.74. The van der Waals surface area contributed by atoms with Crippen molar-refractivity contribution in [2.75, 3.05) is 4.72 Å². The molecular weight excluding hydrogens is 332 g/mol. The number of fused-ring (bicyclic) bond motifs is 1. The van der Waals surface area contributed by atoms with Crippen molar-refractivity contribution in [2.24, 2.45) is 0 Å². The Morgan fingerprint density at radius 2 is 2.11 bits per heavy atom. The normalized spacial score (nSPS) is 14.4. The van der Waals surface area contributed by atoms with Crippen LogP contribution in [0.1, 0.15) is 17.7 Å². The van der Waals surface area contributed by atoms with Crippen LogP contribution in [0, 0.1) is 0 Å². The van der Waals surface area contributed by atoms with Crippen LogP contribution in [0.2, 0.25) is 0 Å². The first-order chi connectivity index (χ1) is 9.06. The van der Waals surface area contributed by atoms with E-state index in [0.717, 1.165) is 25.0 Å². The van der Waals surface area contributed by atoms with E-state index >= 15 is 0 Å². The number of hydrogen-bond acceptors (Lipinski definition) is 4. The molecule has 0 aliphatic heterocycles. The molecule has 2 aromatic rings. The highest BCUT2D eigenvalue weighted by Crippen LogP contribution is 2.26. The second-order valence-corrected chi connectivity index (χ2v) is 6.75. The maximum absolute atomic E-state index is 12.1. The second kappa shape index (κ2) is 4.64. The summed E-state index contributed by atoms with van der Waals surface area (Å²) in [4.78, 5) is 4.33. The summed E-state index contributed by atoms with van der Waals surface area (Å²) in [5, 5.41) is -0.144. The van der Waals surface area contributed by atoms with Crippen molar-refractivity contribution >= 4 is 31.8 Å². The van der Waals surface area contributed by atoms with Crippen LogP contribution in [-0.4, -0.2) is 13.4 Å². The molecule has 2 aromatic heterocycles. The molecule has 2 heterocycles. The summed E-state index contributed by atoms with van der Waals surface area (Å²) in [5.74, 6) is 0.323. The van der Waals surface area contributed by atoms with Gasteiger partial charge in [0.15, 0.2) is 0 Å². The zero-order valence-electron chi connectivity index (χ0n) is 9.89. The monoisotopic (exact) mass is 342 g/mol. The third-order valence-corrected chi connectivity index (χ3v) is 5.16. The molecule has 0 aromatic carbocycles. The molecule has 0 amide bonds. The molecule has 0 radical (unpaired) electrons. The van der Waals surface area contributed by atoms with Crippen LogP contribution in [0.25, 0.3) is 0 Å². The lowest BCUT2D eigenvalue weighted by molar-refractivity contribution is 0.449. The first-order valence-corrected chi connectivity index (χ1v) is 8.08. The van der Waals surface area contributed by atoms with E-state index < -0.39 is 10.0 Å². The van der Waals surface area contributed by atoms with Gasteiger partial charge in [-0.05, 0) is 52.9 Å². The van der Waals surface area contributed by atoms with Crippen LogP contribution in [0.4, 0.5) is 5.82 Å². The largest absolute Gasteiger partial charge is 0.450 e. The number of aryl methyl sites for hydroxylation is 2. The number of anilines is 1. The highest BCUT2D eigenvalue weighted by molar-refractivity contribution is 9.10. The molecule has 5 nitrogen and oxygen atoms in total. The summed E-state index contributed by atoms with van der Waals surface area (Å²) in [6.07, 6.45) is 4.30. The number of sulfonamides is 1. The number of pyridine rings is 1. The SMILES string of the molecule is O=S(=O)(Nc1ccc2c(n1)CCC2)c1occc1Br. The van der Waals surface area contributed by atoms with E-state index in [4.69, 9.17) is 4.42 Å². The fraction of sp³-hybridized carbons (Fsp3) is 0.250. The fourth-order valence-electron chi connectivity index (χ4n) is 2.13. The van der Waals surface area contributed by atoms with Crippen molar-refractivity contribution in [1.29, 1.82) is 0 Å². The van der Waals surface area contributed by atoms with E-state index in [1.807, 2.05) is 6.07 Å². The third-order valence-electron chi connectivity index (χ3n) is 3.00. The average Bonchev–Trinajstić information content (AvgIpc) is 2.96. The molecule has 0 atom stereocenters. The molecule has 0 saturated carbocycles. The fourth-order valence-corrected chi connectivity index (χ4v) is 3.96. The smallest absolute Gasteiger partial charge is 0.297 e. The van der Waals surface area contributed by atoms with Gasteiger partial charge in [0.2, 0.25) is 0 Å². The summed E-state index contributed by atoms with van der Waals surface area (Å²) in [5.41, 5.74) is 2.17. The van der Waals surface area contributed by atoms with Gasteiger partial charge in [0.05, 0.1) is 10.7 Å². The van der Waals surface area contributed by atoms with Gasteiger partial charge in [0, 0.05) is 5.69 Å². The number of nitrogens with zero attached hydrogens (tertiary/aromatic N) is 1. The van der Waals surface area contributed by atoms with Gasteiger partial charge in [-0.2, -0.15) is 8.42 Å². The van der Waals surface area contributed by atoms with Gasteiger partial charge in [-0.15, -0.1) is 0 Å². The summed E-state index contributed by atoms with van der Waals surface area (Å²) < 4.78 is 32.0. The van der Waals surface area contributed by atoms with Crippen LogP contribution in [-0.2, 0) is 22.9 Å². The molecule has 0 spiro atoms. The van der Waals surface area contributed by atoms with Crippen molar-refractivity contribution in [3.8, 4) is 0 Å². The predicted octanol–water partition coefficient (Wildman–Crippen LogP) is 2.73. The Hall–Kier alpha value is -1.34. The molecule has 1 N–H and O–H groups in total. The summed E-state index contributed by atoms with van der Waals surface area (Å²) in [6.45, 7) is 0. The molecular formula is C12H11BrN2O3S. The quantitative estimate of drug-likeness (QED) is 0.930. The van der Waals surface area contributed by atoms with Gasteiger partial charge in [-0.1, -0.05) is 6.07 Å². The van der Waals surface area contributed by atoms with Gasteiger partial charge >= 0.3 is 0 Å². The Kier molecular flexibility index (Phi) is 3.10. The molecule has 19 heavy (non-hydrogen) atoms. The van der Waals surface area contributed by atoms with Gasteiger partial charge in [0.1, 0.15) is 5.82 Å². The zero-order chi connectivity index (χ0) is 13.5. The third kappa shape index (κ3) is 2.40. The number of aromatic nitrogens is 1. The molecule has 100 valence electrons. The molecule has 0 unspecified atom stereocenters. The average molecular weight is 343 g/mol. The van der Waals surface area contributed by atoms with E-state index in [1.165, 1.54) is 17.9 Å². The lowest BCUT2D eigenvalue weighted by Gasteiger charge is -2.07. The lowest BCUT2D eigenvalue weighted by atomic mass is 10.2. The molecule has 1 aliphatic rings. The van der Waals surface area contributed by atoms with Gasteiger partial charge in [0.25, 0.3) is 15.1 Å². The van der Waals surface area contributed by atoms with Crippen LogP contribution in [0.5, 0.6) is 0 Å². The van der Waals surface area contributed by atoms with Crippen LogP contribution >= 0.6 is 15.9 Å². The van der Waals surface area contributed by atoms with Gasteiger partial charge in [-0.25, -0.2) is 4.98 Å². The first-order valence-electron chi connectivity index (χ1n) is 5.81. The van der Waals surface area contributed by atoms with Crippen LogP contribution < -0.4 is 4.72 Å². The van der Waals surface area contributed by atoms with E-state index in [0.29, 0.717) is 10.3 Å². The van der Waals surface area contributed by atoms with Crippen molar-refractivity contribution in [3.63, 3.8) is 0 Å². The Morgan fingerprint density at radius 3 is 2.84 bits per heavy atom. The first kappa shape index (κ1) is 12.7. The number of hydrogen-bond donors (Lipinski definition) is 1. The Balaban J connectivity index is 1.91. The van der Waals surface area contributed by atoms with Gasteiger partial charge < -0.3 is 4.42 Å². The number of furan rings is 1. The minimum absolute atomic E-state index is 0.144. The molecule has 0 bridgehead atoms. The number of rotatable bonds is 3. The van der Waals surface area contributed by atoms with E-state index in [2.05, 4.69) is 25.6 Å². The molecule has 1 aliphatic carbocycles. The number of halogens is 1. The van der Waals surface area contributed by atoms with Crippen molar-refractivity contribution in [2.45, 2.75) is 24.4 Å².